The van der Waals surface area contributed by atoms with Crippen LogP contribution in [-0.4, -0.2) is 60.0 Å². The number of benzene rings is 2. The van der Waals surface area contributed by atoms with Crippen molar-refractivity contribution in [3.63, 3.8) is 0 Å². The lowest BCUT2D eigenvalue weighted by Gasteiger charge is -2.38. The normalized spacial score (nSPS) is 14.4. The van der Waals surface area contributed by atoms with E-state index in [-0.39, 0.29) is 0 Å². The summed E-state index contributed by atoms with van der Waals surface area (Å²) < 4.78 is 51.3. The molecular formula is C24H23F3N6O2. The average molecular weight is 484 g/mol. The molecule has 2 aromatic carbocycles. The van der Waals surface area contributed by atoms with Crippen molar-refractivity contribution in [1.82, 2.24) is 19.6 Å². The van der Waals surface area contributed by atoms with Crippen LogP contribution in [0.4, 0.5) is 24.7 Å². The predicted molar refractivity (Wildman–Crippen MR) is 125 cm³/mol. The van der Waals surface area contributed by atoms with Gasteiger partial charge in [-0.3, -0.25) is 0 Å². The number of methoxy groups -OCH3 is 2. The zero-order valence-electron chi connectivity index (χ0n) is 19.2. The zero-order chi connectivity index (χ0) is 24.6. The Morgan fingerprint density at radius 1 is 0.829 bits per heavy atom. The topological polar surface area (TPSA) is 68.0 Å². The largest absolute Gasteiger partial charge is 0.493 e. The summed E-state index contributed by atoms with van der Waals surface area (Å²) in [7, 11) is 3.17. The van der Waals surface area contributed by atoms with E-state index in [0.29, 0.717) is 43.5 Å². The number of ether oxygens (including phenoxy) is 2. The predicted octanol–water partition coefficient (Wildman–Crippen LogP) is 4.15. The molecule has 11 heteroatoms. The Kier molecular flexibility index (Phi) is 5.83. The van der Waals surface area contributed by atoms with Crippen molar-refractivity contribution >= 4 is 17.3 Å². The molecule has 5 rings (SSSR count). The van der Waals surface area contributed by atoms with Gasteiger partial charge in [0.2, 0.25) is 0 Å². The van der Waals surface area contributed by atoms with Crippen LogP contribution in [0.2, 0.25) is 0 Å². The van der Waals surface area contributed by atoms with E-state index >= 15 is 0 Å². The van der Waals surface area contributed by atoms with Crippen LogP contribution >= 0.6 is 0 Å². The molecule has 0 radical (unpaired) electrons. The van der Waals surface area contributed by atoms with E-state index in [1.165, 1.54) is 18.5 Å². The molecule has 8 nitrogen and oxygen atoms in total. The van der Waals surface area contributed by atoms with Gasteiger partial charge in [0, 0.05) is 43.6 Å². The molecule has 0 bridgehead atoms. The van der Waals surface area contributed by atoms with Crippen LogP contribution in [0.3, 0.4) is 0 Å². The maximum atomic E-state index is 12.9. The summed E-state index contributed by atoms with van der Waals surface area (Å²) in [6.07, 6.45) is -1.12. The van der Waals surface area contributed by atoms with Gasteiger partial charge in [0.15, 0.2) is 11.5 Å². The molecule has 3 heterocycles. The minimum absolute atomic E-state index is 0.481. The van der Waals surface area contributed by atoms with E-state index in [0.717, 1.165) is 34.8 Å². The van der Waals surface area contributed by atoms with Gasteiger partial charge in [0.05, 0.1) is 19.8 Å². The van der Waals surface area contributed by atoms with Gasteiger partial charge in [-0.15, -0.1) is 0 Å². The van der Waals surface area contributed by atoms with Crippen molar-refractivity contribution in [2.45, 2.75) is 6.18 Å². The lowest BCUT2D eigenvalue weighted by molar-refractivity contribution is -0.137. The van der Waals surface area contributed by atoms with Crippen LogP contribution in [-0.2, 0) is 6.18 Å². The van der Waals surface area contributed by atoms with Crippen LogP contribution in [0.1, 0.15) is 5.56 Å². The number of hydrogen-bond donors (Lipinski definition) is 0. The number of hydrogen-bond acceptors (Lipinski definition) is 7. The van der Waals surface area contributed by atoms with E-state index in [9.17, 15) is 13.2 Å². The molecule has 1 aliphatic rings. The van der Waals surface area contributed by atoms with E-state index in [1.807, 2.05) is 18.2 Å². The molecule has 35 heavy (non-hydrogen) atoms. The van der Waals surface area contributed by atoms with Crippen molar-refractivity contribution < 1.29 is 22.6 Å². The highest BCUT2D eigenvalue weighted by atomic mass is 19.4. The number of rotatable bonds is 5. The molecule has 4 aromatic rings. The summed E-state index contributed by atoms with van der Waals surface area (Å²) in [5.74, 6) is 2.54. The summed E-state index contributed by atoms with van der Waals surface area (Å²) >= 11 is 0. The molecule has 0 amide bonds. The maximum absolute atomic E-state index is 12.9. The maximum Gasteiger partial charge on any atom is 0.416 e. The Labute approximate surface area is 199 Å². The number of fused-ring (bicyclic) bond motifs is 1. The smallest absolute Gasteiger partial charge is 0.416 e. The molecule has 0 spiro atoms. The molecule has 1 fully saturated rings. The van der Waals surface area contributed by atoms with Crippen LogP contribution in [0, 0.1) is 0 Å². The lowest BCUT2D eigenvalue weighted by Crippen LogP contribution is -2.47. The third kappa shape index (κ3) is 4.29. The third-order valence-electron chi connectivity index (χ3n) is 6.11. The minimum Gasteiger partial charge on any atom is -0.493 e. The zero-order valence-corrected chi connectivity index (χ0v) is 19.2. The van der Waals surface area contributed by atoms with Gasteiger partial charge in [0.25, 0.3) is 5.78 Å². The monoisotopic (exact) mass is 484 g/mol. The summed E-state index contributed by atoms with van der Waals surface area (Å²) in [6.45, 7) is 2.55. The molecular weight excluding hydrogens is 461 g/mol. The minimum atomic E-state index is -4.34. The van der Waals surface area contributed by atoms with Gasteiger partial charge >= 0.3 is 6.18 Å². The quantitative estimate of drug-likeness (QED) is 0.422. The highest BCUT2D eigenvalue weighted by Gasteiger charge is 2.30. The first-order chi connectivity index (χ1) is 16.9. The first kappa shape index (κ1) is 22.8. The fourth-order valence-corrected chi connectivity index (χ4v) is 4.32. The molecule has 182 valence electrons. The van der Waals surface area contributed by atoms with E-state index in [2.05, 4.69) is 24.9 Å². The van der Waals surface area contributed by atoms with E-state index < -0.39 is 11.7 Å². The highest BCUT2D eigenvalue weighted by Crippen LogP contribution is 2.37. The molecule has 1 aliphatic heterocycles. The first-order valence-electron chi connectivity index (χ1n) is 11.0. The number of aromatic nitrogens is 4. The van der Waals surface area contributed by atoms with Crippen molar-refractivity contribution in [2.75, 3.05) is 50.2 Å². The molecule has 0 aliphatic carbocycles. The Bertz CT molecular complexity index is 1330. The molecule has 0 N–H and O–H groups in total. The molecule has 1 saturated heterocycles. The standard InChI is InChI=1S/C24H23F3N6O2/c1-34-20-8-3-16(13-21(20)35-2)19-14-28-23-29-15-30-33(23)22(19)32-11-9-31(10-12-32)18-6-4-17(5-7-18)24(25,26)27/h3-8,13-15H,9-12H2,1-2H3. The van der Waals surface area contributed by atoms with Crippen LogP contribution in [0.5, 0.6) is 11.5 Å². The fraction of sp³-hybridized carbons (Fsp3) is 0.292. The van der Waals surface area contributed by atoms with Gasteiger partial charge in [-0.1, -0.05) is 6.07 Å². The van der Waals surface area contributed by atoms with Crippen LogP contribution in [0.25, 0.3) is 16.9 Å². The molecule has 2 aromatic heterocycles. The Morgan fingerprint density at radius 2 is 1.51 bits per heavy atom. The molecule has 0 unspecified atom stereocenters. The SMILES string of the molecule is COc1ccc(-c2cnc3ncnn3c2N2CCN(c3ccc(C(F)(F)F)cc3)CC2)cc1OC. The Hall–Kier alpha value is -4.02. The molecule has 0 atom stereocenters. The van der Waals surface area contributed by atoms with Gasteiger partial charge in [-0.2, -0.15) is 27.8 Å². The summed E-state index contributed by atoms with van der Waals surface area (Å²) in [5.41, 5.74) is 1.85. The number of piperazine rings is 1. The average Bonchev–Trinajstić information content (AvgIpc) is 3.36. The van der Waals surface area contributed by atoms with Crippen LogP contribution in [0.15, 0.2) is 55.0 Å². The summed E-state index contributed by atoms with van der Waals surface area (Å²) in [5, 5.41) is 4.39. The molecule has 0 saturated carbocycles. The Morgan fingerprint density at radius 3 is 2.17 bits per heavy atom. The highest BCUT2D eigenvalue weighted by molar-refractivity contribution is 5.78. The number of nitrogens with zero attached hydrogens (tertiary/aromatic N) is 6. The van der Waals surface area contributed by atoms with Crippen molar-refractivity contribution in [3.8, 4) is 22.6 Å². The van der Waals surface area contributed by atoms with Gasteiger partial charge < -0.3 is 19.3 Å². The van der Waals surface area contributed by atoms with Gasteiger partial charge in [-0.25, -0.2) is 4.98 Å². The van der Waals surface area contributed by atoms with E-state index in [4.69, 9.17) is 9.47 Å². The van der Waals surface area contributed by atoms with E-state index in [1.54, 1.807) is 24.9 Å². The third-order valence-corrected chi connectivity index (χ3v) is 6.11. The van der Waals surface area contributed by atoms with Crippen molar-refractivity contribution in [3.05, 3.63) is 60.6 Å². The second-order valence-corrected chi connectivity index (χ2v) is 8.06. The Balaban J connectivity index is 1.44. The second kappa shape index (κ2) is 8.97. The number of anilines is 2. The second-order valence-electron chi connectivity index (χ2n) is 8.06. The number of halogens is 3. The number of alkyl halides is 3. The fourth-order valence-electron chi connectivity index (χ4n) is 4.32. The first-order valence-corrected chi connectivity index (χ1v) is 11.0. The van der Waals surface area contributed by atoms with Gasteiger partial charge in [-0.05, 0) is 42.0 Å². The van der Waals surface area contributed by atoms with Gasteiger partial charge in [0.1, 0.15) is 12.1 Å². The summed E-state index contributed by atoms with van der Waals surface area (Å²) in [6, 6.07) is 11.0. The van der Waals surface area contributed by atoms with Crippen molar-refractivity contribution in [1.29, 1.82) is 0 Å². The van der Waals surface area contributed by atoms with Crippen LogP contribution < -0.4 is 19.3 Å². The summed E-state index contributed by atoms with van der Waals surface area (Å²) in [4.78, 5) is 12.9. The van der Waals surface area contributed by atoms with Crippen molar-refractivity contribution in [2.24, 2.45) is 0 Å². The lowest BCUT2D eigenvalue weighted by atomic mass is 10.1.